The number of aliphatic hydroxyl groups excluding tert-OH is 1. The van der Waals surface area contributed by atoms with Crippen LogP contribution in [0.15, 0.2) is 0 Å². The lowest BCUT2D eigenvalue weighted by Gasteiger charge is -2.02. The minimum atomic E-state index is -1.97. The van der Waals surface area contributed by atoms with Gasteiger partial charge in [0.05, 0.1) is 0 Å². The Balaban J connectivity index is 3.27. The highest BCUT2D eigenvalue weighted by atomic mass is 16.7. The van der Waals surface area contributed by atoms with E-state index in [4.69, 9.17) is 10.2 Å². The Morgan fingerprint density at radius 3 is 2.56 bits per heavy atom. The molecule has 0 unspecified atom stereocenters. The number of ether oxygens (including phenoxy) is 1. The number of hydrogen-bond donors (Lipinski definition) is 2. The number of rotatable bonds is 3. The largest absolute Gasteiger partial charge is 0.411 e. The van der Waals surface area contributed by atoms with Crippen molar-refractivity contribution in [3.63, 3.8) is 0 Å². The van der Waals surface area contributed by atoms with Crippen LogP contribution < -0.4 is 0 Å². The van der Waals surface area contributed by atoms with E-state index in [-0.39, 0.29) is 6.42 Å². The van der Waals surface area contributed by atoms with Gasteiger partial charge in [0, 0.05) is 6.42 Å². The minimum Gasteiger partial charge on any atom is -0.411 e. The third-order valence-corrected chi connectivity index (χ3v) is 0.691. The number of carbonyl (C=O) groups excluding carboxylic acids is 1. The minimum absolute atomic E-state index is 0.220. The Hall–Kier alpha value is -0.610. The van der Waals surface area contributed by atoms with Gasteiger partial charge in [0.1, 0.15) is 0 Å². The van der Waals surface area contributed by atoms with Crippen molar-refractivity contribution < 1.29 is 19.7 Å². The molecule has 2 N–H and O–H groups in total. The Morgan fingerprint density at radius 1 is 1.67 bits per heavy atom. The van der Waals surface area contributed by atoms with E-state index in [0.29, 0.717) is 6.42 Å². The second-order valence-corrected chi connectivity index (χ2v) is 1.57. The molecule has 0 fully saturated rings. The fraction of sp³-hybridized carbons (Fsp3) is 0.800. The van der Waals surface area contributed by atoms with E-state index in [9.17, 15) is 4.79 Å². The lowest BCUT2D eigenvalue weighted by Crippen LogP contribution is -2.15. The van der Waals surface area contributed by atoms with Crippen LogP contribution >= 0.6 is 0 Å². The van der Waals surface area contributed by atoms with Gasteiger partial charge in [-0.1, -0.05) is 6.92 Å². The van der Waals surface area contributed by atoms with Gasteiger partial charge >= 0.3 is 12.4 Å². The first kappa shape index (κ1) is 8.39. The van der Waals surface area contributed by atoms with Crippen LogP contribution in [0.3, 0.4) is 0 Å². The molecule has 0 radical (unpaired) electrons. The number of hydrogen-bond acceptors (Lipinski definition) is 4. The lowest BCUT2D eigenvalue weighted by atomic mass is 10.3. The van der Waals surface area contributed by atoms with Gasteiger partial charge in [-0.2, -0.15) is 0 Å². The van der Waals surface area contributed by atoms with Crippen molar-refractivity contribution in [2.75, 3.05) is 0 Å². The van der Waals surface area contributed by atoms with Crippen LogP contribution in [0.1, 0.15) is 19.8 Å². The second kappa shape index (κ2) is 4.29. The Bertz CT molecular complexity index is 89.0. The predicted molar refractivity (Wildman–Crippen MR) is 29.2 cm³/mol. The molecule has 4 heteroatoms. The fourth-order valence-corrected chi connectivity index (χ4v) is 0.381. The zero-order chi connectivity index (χ0) is 7.28. The van der Waals surface area contributed by atoms with Gasteiger partial charge in [0.15, 0.2) is 0 Å². The van der Waals surface area contributed by atoms with Gasteiger partial charge in [0.2, 0.25) is 0 Å². The van der Waals surface area contributed by atoms with Crippen molar-refractivity contribution in [3.05, 3.63) is 0 Å². The maximum Gasteiger partial charge on any atom is 0.313 e. The molecule has 9 heavy (non-hydrogen) atoms. The first-order valence-electron chi connectivity index (χ1n) is 2.72. The molecule has 0 spiro atoms. The molecule has 0 aliphatic heterocycles. The van der Waals surface area contributed by atoms with E-state index in [1.807, 2.05) is 0 Å². The average Bonchev–Trinajstić information content (AvgIpc) is 1.63. The first-order valence-corrected chi connectivity index (χ1v) is 2.72. The van der Waals surface area contributed by atoms with E-state index < -0.39 is 12.4 Å². The molecule has 0 aromatic carbocycles. The van der Waals surface area contributed by atoms with Crippen molar-refractivity contribution in [2.45, 2.75) is 26.2 Å². The smallest absolute Gasteiger partial charge is 0.313 e. The summed E-state index contributed by atoms with van der Waals surface area (Å²) in [6.45, 7) is -0.172. The summed E-state index contributed by atoms with van der Waals surface area (Å²) in [6, 6.07) is 0. The van der Waals surface area contributed by atoms with E-state index in [2.05, 4.69) is 4.74 Å². The second-order valence-electron chi connectivity index (χ2n) is 1.57. The molecule has 0 heterocycles. The van der Waals surface area contributed by atoms with Gasteiger partial charge in [-0.3, -0.25) is 4.79 Å². The van der Waals surface area contributed by atoms with E-state index in [1.165, 1.54) is 0 Å². The van der Waals surface area contributed by atoms with Crippen molar-refractivity contribution in [1.82, 2.24) is 0 Å². The Morgan fingerprint density at radius 2 is 2.22 bits per heavy atom. The SMILES string of the molecule is CCCC(=O)OC(O)O. The van der Waals surface area contributed by atoms with Gasteiger partial charge in [0.25, 0.3) is 0 Å². The summed E-state index contributed by atoms with van der Waals surface area (Å²) in [7, 11) is 0. The third kappa shape index (κ3) is 5.26. The zero-order valence-corrected chi connectivity index (χ0v) is 5.20. The molecule has 0 aliphatic carbocycles. The average molecular weight is 134 g/mol. The van der Waals surface area contributed by atoms with E-state index >= 15 is 0 Å². The summed E-state index contributed by atoms with van der Waals surface area (Å²) in [5, 5.41) is 16.1. The Labute approximate surface area is 53.1 Å². The lowest BCUT2D eigenvalue weighted by molar-refractivity contribution is -0.229. The van der Waals surface area contributed by atoms with Crippen LogP contribution in [0.25, 0.3) is 0 Å². The zero-order valence-electron chi connectivity index (χ0n) is 5.20. The molecule has 0 amide bonds. The quantitative estimate of drug-likeness (QED) is 0.407. The highest BCUT2D eigenvalue weighted by Crippen LogP contribution is 1.91. The molecule has 0 saturated carbocycles. The first-order chi connectivity index (χ1) is 4.16. The number of aliphatic hydroxyl groups is 2. The molecule has 0 atom stereocenters. The van der Waals surface area contributed by atoms with Crippen LogP contribution in [0.2, 0.25) is 0 Å². The highest BCUT2D eigenvalue weighted by Gasteiger charge is 2.04. The van der Waals surface area contributed by atoms with Crippen molar-refractivity contribution in [3.8, 4) is 0 Å². The predicted octanol–water partition coefficient (Wildman–Crippen LogP) is -0.402. The summed E-state index contributed by atoms with van der Waals surface area (Å²) < 4.78 is 3.96. The fourth-order valence-electron chi connectivity index (χ4n) is 0.381. The Kier molecular flexibility index (Phi) is 4.00. The molecule has 0 bridgehead atoms. The molecule has 0 aliphatic rings. The maximum absolute atomic E-state index is 10.3. The summed E-state index contributed by atoms with van der Waals surface area (Å²) in [5.74, 6) is -0.590. The van der Waals surface area contributed by atoms with Gasteiger partial charge in [-0.25, -0.2) is 0 Å². The van der Waals surface area contributed by atoms with Crippen molar-refractivity contribution in [2.24, 2.45) is 0 Å². The normalized spacial score (nSPS) is 9.78. The summed E-state index contributed by atoms with van der Waals surface area (Å²) in [6.07, 6.45) is 0.864. The summed E-state index contributed by atoms with van der Waals surface area (Å²) in [4.78, 5) is 10.3. The maximum atomic E-state index is 10.3. The molecule has 0 rings (SSSR count). The summed E-state index contributed by atoms with van der Waals surface area (Å²) >= 11 is 0. The van der Waals surface area contributed by atoms with Crippen molar-refractivity contribution >= 4 is 5.97 Å². The van der Waals surface area contributed by atoms with Crippen molar-refractivity contribution in [1.29, 1.82) is 0 Å². The molecular formula is C5H10O4. The molecule has 0 saturated heterocycles. The molecule has 54 valence electrons. The van der Waals surface area contributed by atoms with Gasteiger partial charge in [-0.15, -0.1) is 0 Å². The molecular weight excluding hydrogens is 124 g/mol. The molecule has 0 aromatic heterocycles. The van der Waals surface area contributed by atoms with Gasteiger partial charge < -0.3 is 14.9 Å². The van der Waals surface area contributed by atoms with Crippen LogP contribution in [0, 0.1) is 0 Å². The number of carbonyl (C=O) groups is 1. The highest BCUT2D eigenvalue weighted by molar-refractivity contribution is 5.69. The van der Waals surface area contributed by atoms with Crippen LogP contribution in [0.5, 0.6) is 0 Å². The summed E-state index contributed by atoms with van der Waals surface area (Å²) in [5.41, 5.74) is 0. The van der Waals surface area contributed by atoms with Crippen LogP contribution in [0.4, 0.5) is 0 Å². The van der Waals surface area contributed by atoms with Crippen LogP contribution in [-0.4, -0.2) is 22.7 Å². The molecule has 0 aromatic rings. The van der Waals surface area contributed by atoms with Crippen LogP contribution in [-0.2, 0) is 9.53 Å². The van der Waals surface area contributed by atoms with Gasteiger partial charge in [-0.05, 0) is 6.42 Å². The third-order valence-electron chi connectivity index (χ3n) is 0.691. The van der Waals surface area contributed by atoms with E-state index in [1.54, 1.807) is 6.92 Å². The molecule has 4 nitrogen and oxygen atoms in total. The standard InChI is InChI=1S/C5H10O4/c1-2-3-4(6)9-5(7)8/h5,7-8H,2-3H2,1H3. The number of esters is 1. The van der Waals surface area contributed by atoms with E-state index in [0.717, 1.165) is 0 Å². The topological polar surface area (TPSA) is 66.8 Å². The monoisotopic (exact) mass is 134 g/mol.